The molecule has 0 spiro atoms. The fourth-order valence-electron chi connectivity index (χ4n) is 3.19. The summed E-state index contributed by atoms with van der Waals surface area (Å²) in [6, 6.07) is 12.8. The molecule has 1 N–H and O–H groups in total. The summed E-state index contributed by atoms with van der Waals surface area (Å²) in [5, 5.41) is 2.16. The zero-order valence-electron chi connectivity index (χ0n) is 18.1. The second-order valence-electron chi connectivity index (χ2n) is 6.93. The standard InChI is InChI=1S/C24H18N2O8/c1-31-16-8-6-15(7-9-16)26-22(28)17(21(27)25-24(26)30)12-14-5-10-18(20(13-14)32-2)34-23(29)19-4-3-11-33-19/h3-13H,1-2H3,(H,25,27,30)/b17-12+. The van der Waals surface area contributed by atoms with Crippen molar-refractivity contribution in [3.63, 3.8) is 0 Å². The molecule has 2 heterocycles. The predicted octanol–water partition coefficient (Wildman–Crippen LogP) is 3.18. The first-order valence-corrected chi connectivity index (χ1v) is 9.90. The highest BCUT2D eigenvalue weighted by atomic mass is 16.6. The Balaban J connectivity index is 1.62. The number of nitrogens with one attached hydrogen (secondary N) is 1. The molecule has 2 aromatic carbocycles. The number of imide groups is 2. The molecule has 10 nitrogen and oxygen atoms in total. The Kier molecular flexibility index (Phi) is 6.13. The monoisotopic (exact) mass is 462 g/mol. The van der Waals surface area contributed by atoms with Gasteiger partial charge in [0.25, 0.3) is 11.8 Å². The van der Waals surface area contributed by atoms with Gasteiger partial charge in [0.05, 0.1) is 26.2 Å². The zero-order valence-corrected chi connectivity index (χ0v) is 18.1. The number of carbonyl (C=O) groups excluding carboxylic acids is 4. The maximum atomic E-state index is 13.0. The molecule has 0 aliphatic carbocycles. The number of methoxy groups -OCH3 is 2. The Labute approximate surface area is 193 Å². The Morgan fingerprint density at radius 1 is 0.971 bits per heavy atom. The Morgan fingerprint density at radius 2 is 1.74 bits per heavy atom. The number of urea groups is 1. The van der Waals surface area contributed by atoms with Gasteiger partial charge >= 0.3 is 12.0 Å². The number of hydrogen-bond acceptors (Lipinski definition) is 8. The summed E-state index contributed by atoms with van der Waals surface area (Å²) in [5.41, 5.74) is 0.398. The molecule has 1 aromatic heterocycles. The molecular weight excluding hydrogens is 444 g/mol. The number of hydrogen-bond donors (Lipinski definition) is 1. The van der Waals surface area contributed by atoms with Gasteiger partial charge in [0.15, 0.2) is 11.5 Å². The van der Waals surface area contributed by atoms with Crippen LogP contribution >= 0.6 is 0 Å². The number of amides is 4. The van der Waals surface area contributed by atoms with Crippen molar-refractivity contribution in [1.29, 1.82) is 0 Å². The second-order valence-corrected chi connectivity index (χ2v) is 6.93. The number of esters is 1. The van der Waals surface area contributed by atoms with Crippen LogP contribution in [0, 0.1) is 0 Å². The fourth-order valence-corrected chi connectivity index (χ4v) is 3.19. The third-order valence-electron chi connectivity index (χ3n) is 4.86. The summed E-state index contributed by atoms with van der Waals surface area (Å²) in [7, 11) is 2.86. The third kappa shape index (κ3) is 4.37. The molecule has 0 bridgehead atoms. The number of benzene rings is 2. The maximum Gasteiger partial charge on any atom is 0.379 e. The van der Waals surface area contributed by atoms with Crippen LogP contribution in [-0.4, -0.2) is 38.0 Å². The number of carbonyl (C=O) groups is 4. The fraction of sp³-hybridized carbons (Fsp3) is 0.0833. The molecule has 172 valence electrons. The van der Waals surface area contributed by atoms with Crippen molar-refractivity contribution in [2.24, 2.45) is 0 Å². The van der Waals surface area contributed by atoms with E-state index in [9.17, 15) is 19.2 Å². The lowest BCUT2D eigenvalue weighted by molar-refractivity contribution is -0.122. The van der Waals surface area contributed by atoms with Gasteiger partial charge in [0.1, 0.15) is 11.3 Å². The van der Waals surface area contributed by atoms with E-state index in [0.29, 0.717) is 11.3 Å². The number of anilines is 1. The van der Waals surface area contributed by atoms with Gasteiger partial charge in [0, 0.05) is 0 Å². The van der Waals surface area contributed by atoms with Crippen molar-refractivity contribution in [1.82, 2.24) is 5.32 Å². The molecule has 1 aliphatic heterocycles. The van der Waals surface area contributed by atoms with Crippen molar-refractivity contribution in [2.45, 2.75) is 0 Å². The molecule has 4 amide bonds. The van der Waals surface area contributed by atoms with Crippen molar-refractivity contribution in [2.75, 3.05) is 19.1 Å². The third-order valence-corrected chi connectivity index (χ3v) is 4.86. The first-order chi connectivity index (χ1) is 16.4. The van der Waals surface area contributed by atoms with E-state index in [1.54, 1.807) is 18.2 Å². The highest BCUT2D eigenvalue weighted by Gasteiger charge is 2.36. The summed E-state index contributed by atoms with van der Waals surface area (Å²) in [6.07, 6.45) is 2.65. The lowest BCUT2D eigenvalue weighted by Crippen LogP contribution is -2.54. The van der Waals surface area contributed by atoms with Crippen molar-refractivity contribution >= 4 is 35.6 Å². The lowest BCUT2D eigenvalue weighted by Gasteiger charge is -2.26. The van der Waals surface area contributed by atoms with Crippen LogP contribution in [0.4, 0.5) is 10.5 Å². The van der Waals surface area contributed by atoms with E-state index < -0.39 is 23.8 Å². The van der Waals surface area contributed by atoms with Crippen molar-refractivity contribution < 1.29 is 37.8 Å². The summed E-state index contributed by atoms with van der Waals surface area (Å²) >= 11 is 0. The number of barbiturate groups is 1. The Bertz CT molecular complexity index is 1290. The molecule has 1 saturated heterocycles. The molecule has 1 aliphatic rings. The molecule has 1 fully saturated rings. The van der Waals surface area contributed by atoms with Gasteiger partial charge in [-0.1, -0.05) is 6.07 Å². The largest absolute Gasteiger partial charge is 0.497 e. The summed E-state index contributed by atoms with van der Waals surface area (Å²) in [6.45, 7) is 0. The maximum absolute atomic E-state index is 13.0. The van der Waals surface area contributed by atoms with Gasteiger partial charge in [-0.25, -0.2) is 14.5 Å². The molecule has 4 rings (SSSR count). The van der Waals surface area contributed by atoms with Crippen molar-refractivity contribution in [3.8, 4) is 17.2 Å². The van der Waals surface area contributed by atoms with Crippen LogP contribution in [0.3, 0.4) is 0 Å². The molecule has 0 saturated carbocycles. The van der Waals surface area contributed by atoms with Crippen LogP contribution in [0.5, 0.6) is 17.2 Å². The number of nitrogens with zero attached hydrogens (tertiary/aromatic N) is 1. The van der Waals surface area contributed by atoms with Gasteiger partial charge in [-0.15, -0.1) is 0 Å². The van der Waals surface area contributed by atoms with Gasteiger partial charge < -0.3 is 18.6 Å². The van der Waals surface area contributed by atoms with E-state index in [-0.39, 0.29) is 28.5 Å². The number of furan rings is 1. The Morgan fingerprint density at radius 3 is 2.38 bits per heavy atom. The highest BCUT2D eigenvalue weighted by Crippen LogP contribution is 2.31. The minimum Gasteiger partial charge on any atom is -0.497 e. The first-order valence-electron chi connectivity index (χ1n) is 9.90. The second kappa shape index (κ2) is 9.33. The topological polar surface area (TPSA) is 124 Å². The van der Waals surface area contributed by atoms with Crippen LogP contribution < -0.4 is 24.4 Å². The van der Waals surface area contributed by atoms with E-state index >= 15 is 0 Å². The molecule has 0 radical (unpaired) electrons. The van der Waals surface area contributed by atoms with Gasteiger partial charge in [-0.3, -0.25) is 14.9 Å². The first kappa shape index (κ1) is 22.3. The molecule has 0 unspecified atom stereocenters. The average molecular weight is 462 g/mol. The lowest BCUT2D eigenvalue weighted by atomic mass is 10.1. The minimum atomic E-state index is -0.866. The van der Waals surface area contributed by atoms with E-state index in [1.807, 2.05) is 0 Å². The van der Waals surface area contributed by atoms with E-state index in [0.717, 1.165) is 4.90 Å². The average Bonchev–Trinajstić information content (AvgIpc) is 3.38. The SMILES string of the molecule is COc1ccc(N2C(=O)NC(=O)/C(=C\c3ccc(OC(=O)c4ccco4)c(OC)c3)C2=O)cc1. The van der Waals surface area contributed by atoms with Gasteiger partial charge in [0.2, 0.25) is 5.76 Å². The number of ether oxygens (including phenoxy) is 3. The quantitative estimate of drug-likeness (QED) is 0.256. The summed E-state index contributed by atoms with van der Waals surface area (Å²) < 4.78 is 20.7. The van der Waals surface area contributed by atoms with Crippen LogP contribution in [0.25, 0.3) is 6.08 Å². The van der Waals surface area contributed by atoms with Crippen LogP contribution in [0.15, 0.2) is 70.9 Å². The molecular formula is C24H18N2O8. The van der Waals surface area contributed by atoms with Crippen LogP contribution in [0.1, 0.15) is 16.1 Å². The van der Waals surface area contributed by atoms with Gasteiger partial charge in [-0.2, -0.15) is 0 Å². The summed E-state index contributed by atoms with van der Waals surface area (Å²) in [5.74, 6) is -1.51. The van der Waals surface area contributed by atoms with E-state index in [1.165, 1.54) is 63.0 Å². The van der Waals surface area contributed by atoms with Crippen LogP contribution in [-0.2, 0) is 9.59 Å². The normalized spacial score (nSPS) is 14.7. The highest BCUT2D eigenvalue weighted by molar-refractivity contribution is 6.39. The zero-order chi connectivity index (χ0) is 24.2. The van der Waals surface area contributed by atoms with E-state index in [2.05, 4.69) is 5.32 Å². The summed E-state index contributed by atoms with van der Waals surface area (Å²) in [4.78, 5) is 50.8. The smallest absolute Gasteiger partial charge is 0.379 e. The predicted molar refractivity (Wildman–Crippen MR) is 119 cm³/mol. The van der Waals surface area contributed by atoms with Crippen LogP contribution in [0.2, 0.25) is 0 Å². The molecule has 10 heteroatoms. The molecule has 3 aromatic rings. The molecule has 0 atom stereocenters. The Hall–Kier alpha value is -4.86. The van der Waals surface area contributed by atoms with Gasteiger partial charge in [-0.05, 0) is 60.2 Å². The van der Waals surface area contributed by atoms with Crippen molar-refractivity contribution in [3.05, 3.63) is 77.8 Å². The van der Waals surface area contributed by atoms with E-state index in [4.69, 9.17) is 18.6 Å². The minimum absolute atomic E-state index is 0.0148. The molecule has 34 heavy (non-hydrogen) atoms. The number of rotatable bonds is 6.